The van der Waals surface area contributed by atoms with Crippen LogP contribution in [0.4, 0.5) is 5.69 Å². The van der Waals surface area contributed by atoms with E-state index in [1.54, 1.807) is 36.4 Å². The third-order valence-corrected chi connectivity index (χ3v) is 5.98. The lowest BCUT2D eigenvalue weighted by atomic mass is 10.2. The summed E-state index contributed by atoms with van der Waals surface area (Å²) in [5.74, 6) is 1.27. The van der Waals surface area contributed by atoms with Crippen LogP contribution in [0.25, 0.3) is 40.0 Å². The number of aromatic nitrogens is 1. The van der Waals surface area contributed by atoms with E-state index in [2.05, 4.69) is 10.3 Å². The predicted octanol–water partition coefficient (Wildman–Crippen LogP) is 8.02. The number of furan rings is 1. The minimum Gasteiger partial charge on any atom is -0.457 e. The molecule has 0 saturated carbocycles. The van der Waals surface area contributed by atoms with Gasteiger partial charge in [0.15, 0.2) is 5.58 Å². The molecule has 2 heterocycles. The van der Waals surface area contributed by atoms with E-state index in [0.29, 0.717) is 38.7 Å². The van der Waals surface area contributed by atoms with Crippen molar-refractivity contribution in [1.82, 2.24) is 4.98 Å². The minimum atomic E-state index is -0.302. The summed E-state index contributed by atoms with van der Waals surface area (Å²) in [6.45, 7) is 2.00. The van der Waals surface area contributed by atoms with Gasteiger partial charge in [-0.25, -0.2) is 4.98 Å². The fraction of sp³-hybridized carbons (Fsp3) is 0.0370. The van der Waals surface area contributed by atoms with Crippen molar-refractivity contribution in [3.05, 3.63) is 100 Å². The van der Waals surface area contributed by atoms with Crippen LogP contribution in [-0.2, 0) is 4.79 Å². The van der Waals surface area contributed by atoms with Crippen LogP contribution in [0.3, 0.4) is 0 Å². The Morgan fingerprint density at radius 3 is 2.71 bits per heavy atom. The summed E-state index contributed by atoms with van der Waals surface area (Å²) >= 11 is 12.3. The molecule has 3 aromatic carbocycles. The van der Waals surface area contributed by atoms with Crippen LogP contribution in [0.2, 0.25) is 10.0 Å². The zero-order chi connectivity index (χ0) is 23.7. The van der Waals surface area contributed by atoms with Gasteiger partial charge in [0, 0.05) is 22.9 Å². The number of rotatable bonds is 5. The summed E-state index contributed by atoms with van der Waals surface area (Å²) in [7, 11) is 0. The molecule has 0 aliphatic carbocycles. The standard InChI is InChI=1S/C27H18Cl2N2O3/c1-16-8-11-22-24(14-16)34-27(31-22)17-4-2-5-18(15-17)30-25(32)13-10-19-9-12-23(33-19)20-6-3-7-21(28)26(20)29/h2-15H,1H3,(H,30,32). The maximum absolute atomic E-state index is 12.5. The topological polar surface area (TPSA) is 68.3 Å². The summed E-state index contributed by atoms with van der Waals surface area (Å²) in [6, 6.07) is 22.1. The van der Waals surface area contributed by atoms with E-state index in [1.807, 2.05) is 49.4 Å². The number of fused-ring (bicyclic) bond motifs is 1. The molecule has 0 aliphatic rings. The highest BCUT2D eigenvalue weighted by molar-refractivity contribution is 6.43. The van der Waals surface area contributed by atoms with Crippen LogP contribution in [0, 0.1) is 6.92 Å². The van der Waals surface area contributed by atoms with E-state index >= 15 is 0 Å². The summed E-state index contributed by atoms with van der Waals surface area (Å²) < 4.78 is 11.7. The van der Waals surface area contributed by atoms with Crippen molar-refractivity contribution in [2.75, 3.05) is 5.32 Å². The molecule has 0 aliphatic heterocycles. The second-order valence-electron chi connectivity index (χ2n) is 7.70. The quantitative estimate of drug-likeness (QED) is 0.254. The van der Waals surface area contributed by atoms with Gasteiger partial charge >= 0.3 is 0 Å². The average molecular weight is 489 g/mol. The Morgan fingerprint density at radius 2 is 1.82 bits per heavy atom. The molecule has 0 spiro atoms. The molecule has 34 heavy (non-hydrogen) atoms. The van der Waals surface area contributed by atoms with Gasteiger partial charge in [0.1, 0.15) is 17.0 Å². The number of nitrogens with zero attached hydrogens (tertiary/aromatic N) is 1. The van der Waals surface area contributed by atoms with E-state index in [-0.39, 0.29) is 5.91 Å². The number of oxazole rings is 1. The molecule has 5 nitrogen and oxygen atoms in total. The van der Waals surface area contributed by atoms with Crippen molar-refractivity contribution < 1.29 is 13.6 Å². The lowest BCUT2D eigenvalue weighted by molar-refractivity contribution is -0.111. The van der Waals surface area contributed by atoms with Crippen molar-refractivity contribution in [1.29, 1.82) is 0 Å². The van der Waals surface area contributed by atoms with E-state index < -0.39 is 0 Å². The molecule has 0 unspecified atom stereocenters. The van der Waals surface area contributed by atoms with Crippen molar-refractivity contribution >= 4 is 52.0 Å². The van der Waals surface area contributed by atoms with Crippen LogP contribution < -0.4 is 5.32 Å². The summed E-state index contributed by atoms with van der Waals surface area (Å²) in [4.78, 5) is 17.0. The van der Waals surface area contributed by atoms with E-state index in [4.69, 9.17) is 32.0 Å². The van der Waals surface area contributed by atoms with Gasteiger partial charge in [-0.3, -0.25) is 4.79 Å². The molecule has 2 aromatic heterocycles. The summed E-state index contributed by atoms with van der Waals surface area (Å²) in [5.41, 5.74) is 4.69. The normalized spacial score (nSPS) is 11.4. The summed E-state index contributed by atoms with van der Waals surface area (Å²) in [6.07, 6.45) is 2.99. The van der Waals surface area contributed by atoms with Crippen molar-refractivity contribution in [2.24, 2.45) is 0 Å². The largest absolute Gasteiger partial charge is 0.457 e. The van der Waals surface area contributed by atoms with Gasteiger partial charge in [-0.15, -0.1) is 0 Å². The maximum atomic E-state index is 12.5. The lowest BCUT2D eigenvalue weighted by Gasteiger charge is -2.03. The van der Waals surface area contributed by atoms with Crippen LogP contribution in [0.5, 0.6) is 0 Å². The smallest absolute Gasteiger partial charge is 0.248 e. The molecule has 0 fully saturated rings. The molecule has 1 amide bonds. The fourth-order valence-electron chi connectivity index (χ4n) is 3.51. The van der Waals surface area contributed by atoms with Crippen molar-refractivity contribution in [3.8, 4) is 22.8 Å². The molecule has 5 rings (SSSR count). The van der Waals surface area contributed by atoms with Crippen molar-refractivity contribution in [2.45, 2.75) is 6.92 Å². The monoisotopic (exact) mass is 488 g/mol. The number of aryl methyl sites for hydroxylation is 1. The first kappa shape index (κ1) is 22.0. The second kappa shape index (κ2) is 9.21. The molecule has 0 atom stereocenters. The molecule has 0 saturated heterocycles. The number of amides is 1. The molecular weight excluding hydrogens is 471 g/mol. The number of carbonyl (C=O) groups is 1. The van der Waals surface area contributed by atoms with E-state index in [1.165, 1.54) is 6.08 Å². The lowest BCUT2D eigenvalue weighted by Crippen LogP contribution is -2.07. The molecule has 0 bridgehead atoms. The van der Waals surface area contributed by atoms with Gasteiger partial charge in [-0.05, 0) is 73.2 Å². The fourth-order valence-corrected chi connectivity index (χ4v) is 3.90. The Morgan fingerprint density at radius 1 is 0.971 bits per heavy atom. The third kappa shape index (κ3) is 4.62. The maximum Gasteiger partial charge on any atom is 0.248 e. The molecule has 168 valence electrons. The Kier molecular flexibility index (Phi) is 5.97. The van der Waals surface area contributed by atoms with Gasteiger partial charge in [-0.2, -0.15) is 0 Å². The van der Waals surface area contributed by atoms with Crippen LogP contribution in [-0.4, -0.2) is 10.9 Å². The Balaban J connectivity index is 1.29. The van der Waals surface area contributed by atoms with Gasteiger partial charge < -0.3 is 14.2 Å². The Hall–Kier alpha value is -3.80. The zero-order valence-electron chi connectivity index (χ0n) is 18.0. The first-order chi connectivity index (χ1) is 16.5. The van der Waals surface area contributed by atoms with Crippen molar-refractivity contribution in [3.63, 3.8) is 0 Å². The molecule has 1 N–H and O–H groups in total. The number of hydrogen-bond donors (Lipinski definition) is 1. The molecular formula is C27H18Cl2N2O3. The number of benzene rings is 3. The average Bonchev–Trinajstić information content (AvgIpc) is 3.46. The Labute approximate surface area is 205 Å². The van der Waals surface area contributed by atoms with Gasteiger partial charge in [0.2, 0.25) is 11.8 Å². The van der Waals surface area contributed by atoms with Gasteiger partial charge in [0.25, 0.3) is 0 Å². The van der Waals surface area contributed by atoms with Gasteiger partial charge in [0.05, 0.1) is 10.0 Å². The molecule has 7 heteroatoms. The molecule has 5 aromatic rings. The first-order valence-electron chi connectivity index (χ1n) is 10.5. The van der Waals surface area contributed by atoms with Crippen LogP contribution in [0.15, 0.2) is 87.7 Å². The number of carbonyl (C=O) groups excluding carboxylic acids is 1. The van der Waals surface area contributed by atoms with Gasteiger partial charge in [-0.1, -0.05) is 41.4 Å². The summed E-state index contributed by atoms with van der Waals surface area (Å²) in [5, 5.41) is 3.71. The highest BCUT2D eigenvalue weighted by Crippen LogP contribution is 2.34. The van der Waals surface area contributed by atoms with E-state index in [0.717, 1.165) is 22.2 Å². The van der Waals surface area contributed by atoms with Crippen LogP contribution in [0.1, 0.15) is 11.3 Å². The zero-order valence-corrected chi connectivity index (χ0v) is 19.5. The first-order valence-corrected chi connectivity index (χ1v) is 11.2. The molecule has 0 radical (unpaired) electrons. The second-order valence-corrected chi connectivity index (χ2v) is 8.48. The Bertz CT molecular complexity index is 1550. The highest BCUT2D eigenvalue weighted by Gasteiger charge is 2.11. The highest BCUT2D eigenvalue weighted by atomic mass is 35.5. The van der Waals surface area contributed by atoms with E-state index in [9.17, 15) is 4.79 Å². The number of anilines is 1. The third-order valence-electron chi connectivity index (χ3n) is 5.16. The SMILES string of the molecule is Cc1ccc2nc(-c3cccc(NC(=O)C=Cc4ccc(-c5cccc(Cl)c5Cl)o4)c3)oc2c1. The predicted molar refractivity (Wildman–Crippen MR) is 136 cm³/mol. The number of halogens is 2. The number of hydrogen-bond acceptors (Lipinski definition) is 4. The minimum absolute atomic E-state index is 0.302. The van der Waals surface area contributed by atoms with Crippen LogP contribution >= 0.6 is 23.2 Å². The number of nitrogens with one attached hydrogen (secondary N) is 1.